The van der Waals surface area contributed by atoms with Crippen molar-refractivity contribution in [2.24, 2.45) is 0 Å². The van der Waals surface area contributed by atoms with Crippen molar-refractivity contribution in [1.29, 1.82) is 0 Å². The molecule has 0 atom stereocenters. The van der Waals surface area contributed by atoms with E-state index in [9.17, 15) is 0 Å². The number of hydrogen-bond acceptors (Lipinski definition) is 3. The van der Waals surface area contributed by atoms with Gasteiger partial charge in [0.05, 0.1) is 11.0 Å². The number of para-hydroxylation sites is 2. The standard InChI is InChI=1S/C59H47BN2O2/c1-57(2,3)32-17-20-34(21-18-32)62-47-30-40-39-27-33(58(4,5)6)19-24-43(39)59(7,8)44(40)28-41(47)36-22-23-38-53-46(25-26-51-54(53)37-14-10-12-16-50(37)63-51)61-48-31-52-42(35-13-9-11-15-49(35)64-52)29-45(48)60(62)55(36)56(38)61/h9-31H,1-8H3. The monoisotopic (exact) mass is 826 g/mol. The molecule has 0 bridgehead atoms. The number of hydrogen-bond donors (Lipinski definition) is 0. The first-order valence-electron chi connectivity index (χ1n) is 22.9. The summed E-state index contributed by atoms with van der Waals surface area (Å²) in [5.41, 5.74) is 22.8. The minimum Gasteiger partial charge on any atom is -0.456 e. The van der Waals surface area contributed by atoms with Crippen LogP contribution in [0.4, 0.5) is 11.4 Å². The third kappa shape index (κ3) is 4.54. The molecule has 0 N–H and O–H groups in total. The van der Waals surface area contributed by atoms with Gasteiger partial charge in [-0.1, -0.05) is 140 Å². The molecule has 0 spiro atoms. The Balaban J connectivity index is 1.16. The van der Waals surface area contributed by atoms with Crippen LogP contribution in [0, 0.1) is 0 Å². The van der Waals surface area contributed by atoms with Crippen LogP contribution in [0.3, 0.4) is 0 Å². The van der Waals surface area contributed by atoms with Gasteiger partial charge in [-0.05, 0) is 109 Å². The van der Waals surface area contributed by atoms with Crippen molar-refractivity contribution in [2.75, 3.05) is 4.81 Å². The van der Waals surface area contributed by atoms with Crippen LogP contribution < -0.4 is 15.7 Å². The fraction of sp³-hybridized carbons (Fsp3) is 0.186. The van der Waals surface area contributed by atoms with E-state index in [4.69, 9.17) is 8.83 Å². The Morgan fingerprint density at radius 3 is 1.94 bits per heavy atom. The average Bonchev–Trinajstić information content (AvgIpc) is 4.00. The molecule has 0 radical (unpaired) electrons. The maximum absolute atomic E-state index is 6.72. The number of nitrogens with zero attached hydrogens (tertiary/aromatic N) is 2. The van der Waals surface area contributed by atoms with Crippen LogP contribution in [0.25, 0.3) is 93.6 Å². The van der Waals surface area contributed by atoms with Crippen LogP contribution in [0.5, 0.6) is 0 Å². The Morgan fingerprint density at radius 1 is 0.484 bits per heavy atom. The van der Waals surface area contributed by atoms with Crippen molar-refractivity contribution in [2.45, 2.75) is 71.6 Å². The first-order chi connectivity index (χ1) is 30.8. The third-order valence-corrected chi connectivity index (χ3v) is 15.3. The van der Waals surface area contributed by atoms with Gasteiger partial charge in [-0.3, -0.25) is 0 Å². The fourth-order valence-corrected chi connectivity index (χ4v) is 12.0. The van der Waals surface area contributed by atoms with E-state index in [0.717, 1.165) is 44.2 Å². The Hall–Kier alpha value is -6.98. The zero-order valence-corrected chi connectivity index (χ0v) is 37.6. The van der Waals surface area contributed by atoms with E-state index in [1.165, 1.54) is 94.0 Å². The zero-order valence-electron chi connectivity index (χ0n) is 37.6. The maximum Gasteiger partial charge on any atom is 0.333 e. The molecule has 11 aromatic rings. The Bertz CT molecular complexity index is 3900. The normalized spacial score (nSPS) is 14.9. The number of anilines is 2. The number of rotatable bonds is 1. The molecule has 3 aliphatic rings. The van der Waals surface area contributed by atoms with E-state index >= 15 is 0 Å². The predicted octanol–water partition coefficient (Wildman–Crippen LogP) is 14.7. The van der Waals surface area contributed by atoms with Crippen molar-refractivity contribution >= 4 is 94.8 Å². The van der Waals surface area contributed by atoms with Crippen LogP contribution in [0.15, 0.2) is 148 Å². The number of furan rings is 2. The summed E-state index contributed by atoms with van der Waals surface area (Å²) in [5.74, 6) is 0. The summed E-state index contributed by atoms with van der Waals surface area (Å²) >= 11 is 0. The molecule has 1 aliphatic carbocycles. The molecule has 0 saturated carbocycles. The van der Waals surface area contributed by atoms with Gasteiger partial charge in [0.2, 0.25) is 0 Å². The van der Waals surface area contributed by atoms with Crippen molar-refractivity contribution in [3.8, 4) is 27.9 Å². The summed E-state index contributed by atoms with van der Waals surface area (Å²) in [5, 5.41) is 7.04. The second-order valence-corrected chi connectivity index (χ2v) is 21.3. The molecule has 64 heavy (non-hydrogen) atoms. The van der Waals surface area contributed by atoms with Crippen molar-refractivity contribution < 1.29 is 8.83 Å². The van der Waals surface area contributed by atoms with E-state index in [-0.39, 0.29) is 23.1 Å². The van der Waals surface area contributed by atoms with Gasteiger partial charge in [0.1, 0.15) is 22.3 Å². The minimum atomic E-state index is -0.170. The van der Waals surface area contributed by atoms with Gasteiger partial charge in [-0.2, -0.15) is 0 Å². The van der Waals surface area contributed by atoms with Crippen LogP contribution in [0.2, 0.25) is 0 Å². The van der Waals surface area contributed by atoms with E-state index in [1.54, 1.807) is 0 Å². The molecular formula is C59H47BN2O2. The largest absolute Gasteiger partial charge is 0.456 e. The minimum absolute atomic E-state index is 0.0207. The molecule has 0 fully saturated rings. The van der Waals surface area contributed by atoms with Crippen LogP contribution in [0.1, 0.15) is 77.6 Å². The summed E-state index contributed by atoms with van der Waals surface area (Å²) in [6.45, 7) is 18.6. The van der Waals surface area contributed by atoms with E-state index in [1.807, 2.05) is 0 Å². The second-order valence-electron chi connectivity index (χ2n) is 21.3. The fourth-order valence-electron chi connectivity index (χ4n) is 12.0. The van der Waals surface area contributed by atoms with E-state index < -0.39 is 0 Å². The molecular weight excluding hydrogens is 779 g/mol. The van der Waals surface area contributed by atoms with Crippen molar-refractivity contribution in [1.82, 2.24) is 4.57 Å². The van der Waals surface area contributed by atoms with Crippen LogP contribution in [-0.2, 0) is 16.2 Å². The number of benzene rings is 8. The van der Waals surface area contributed by atoms with Gasteiger partial charge in [-0.25, -0.2) is 0 Å². The molecule has 5 heterocycles. The molecule has 0 saturated heterocycles. The van der Waals surface area contributed by atoms with Gasteiger partial charge in [0, 0.05) is 66.4 Å². The molecule has 5 heteroatoms. The molecule has 4 nitrogen and oxygen atoms in total. The van der Waals surface area contributed by atoms with Crippen molar-refractivity contribution in [3.05, 3.63) is 162 Å². The van der Waals surface area contributed by atoms with Gasteiger partial charge in [0.15, 0.2) is 0 Å². The summed E-state index contributed by atoms with van der Waals surface area (Å²) in [6.07, 6.45) is 0. The Kier molecular flexibility index (Phi) is 6.72. The Labute approximate surface area is 372 Å². The van der Waals surface area contributed by atoms with Crippen LogP contribution in [-0.4, -0.2) is 11.4 Å². The molecule has 0 unspecified atom stereocenters. The predicted molar refractivity (Wildman–Crippen MR) is 269 cm³/mol. The third-order valence-electron chi connectivity index (χ3n) is 15.3. The van der Waals surface area contributed by atoms with Gasteiger partial charge >= 0.3 is 6.85 Å². The highest BCUT2D eigenvalue weighted by Crippen LogP contribution is 2.55. The average molecular weight is 827 g/mol. The van der Waals surface area contributed by atoms with Gasteiger partial charge in [-0.15, -0.1) is 0 Å². The second kappa shape index (κ2) is 11.8. The molecule has 3 aromatic heterocycles. The highest BCUT2D eigenvalue weighted by atomic mass is 16.3. The van der Waals surface area contributed by atoms with Crippen molar-refractivity contribution in [3.63, 3.8) is 0 Å². The Morgan fingerprint density at radius 2 is 1.17 bits per heavy atom. The summed E-state index contributed by atoms with van der Waals surface area (Å²) in [6, 6.07) is 52.8. The first kappa shape index (κ1) is 36.5. The summed E-state index contributed by atoms with van der Waals surface area (Å²) in [7, 11) is 0. The first-order valence-corrected chi connectivity index (χ1v) is 22.9. The maximum atomic E-state index is 6.72. The van der Waals surface area contributed by atoms with E-state index in [2.05, 4.69) is 204 Å². The van der Waals surface area contributed by atoms with Crippen LogP contribution >= 0.6 is 0 Å². The topological polar surface area (TPSA) is 34.5 Å². The quantitative estimate of drug-likeness (QED) is 0.155. The molecule has 0 amide bonds. The number of aromatic nitrogens is 1. The highest BCUT2D eigenvalue weighted by Gasteiger charge is 2.46. The van der Waals surface area contributed by atoms with Gasteiger partial charge < -0.3 is 18.2 Å². The molecule has 8 aromatic carbocycles. The lowest BCUT2D eigenvalue weighted by molar-refractivity contribution is 0.589. The highest BCUT2D eigenvalue weighted by molar-refractivity contribution is 6.94. The number of fused-ring (bicyclic) bond motifs is 18. The molecule has 308 valence electrons. The smallest absolute Gasteiger partial charge is 0.333 e. The van der Waals surface area contributed by atoms with E-state index in [0.29, 0.717) is 0 Å². The summed E-state index contributed by atoms with van der Waals surface area (Å²) in [4.78, 5) is 2.68. The lowest BCUT2D eigenvalue weighted by atomic mass is 9.44. The van der Waals surface area contributed by atoms with Gasteiger partial charge in [0.25, 0.3) is 0 Å². The SMILES string of the molecule is CC(C)(C)c1ccc(N2B3c4cc5c(cc4-n4c6ccc7oc8ccccc8c7c6c6ccc(c3c64)-c3cc4c(cc32)-c2cc(C(C)(C)C)ccc2C4(C)C)oc2ccccc25)cc1. The molecule has 2 aliphatic heterocycles. The summed E-state index contributed by atoms with van der Waals surface area (Å²) < 4.78 is 15.8. The lowest BCUT2D eigenvalue weighted by Gasteiger charge is -2.42. The molecule has 14 rings (SSSR count). The lowest BCUT2D eigenvalue weighted by Crippen LogP contribution is -2.60. The zero-order chi connectivity index (χ0) is 43.3.